The topological polar surface area (TPSA) is 88.5 Å². The molecular weight excluding hydrogens is 224 g/mol. The zero-order valence-corrected chi connectivity index (χ0v) is 9.41. The van der Waals surface area contributed by atoms with Crippen LogP contribution in [0.3, 0.4) is 0 Å². The lowest BCUT2D eigenvalue weighted by Crippen LogP contribution is -2.06. The summed E-state index contributed by atoms with van der Waals surface area (Å²) >= 11 is 0. The highest BCUT2D eigenvalue weighted by Gasteiger charge is 2.24. The van der Waals surface area contributed by atoms with E-state index in [2.05, 4.69) is 5.10 Å². The third-order valence-electron chi connectivity index (χ3n) is 2.52. The number of aromatic nitrogens is 2. The molecule has 0 radical (unpaired) electrons. The van der Waals surface area contributed by atoms with Crippen LogP contribution >= 0.6 is 0 Å². The number of aliphatic hydroxyl groups is 1. The summed E-state index contributed by atoms with van der Waals surface area (Å²) in [7, 11) is 1.73. The zero-order chi connectivity index (χ0) is 12.6. The van der Waals surface area contributed by atoms with Crippen molar-refractivity contribution in [2.24, 2.45) is 7.05 Å². The van der Waals surface area contributed by atoms with Gasteiger partial charge in [-0.3, -0.25) is 4.68 Å². The molecule has 1 atom stereocenters. The second-order valence-corrected chi connectivity index (χ2v) is 3.75. The Balaban J connectivity index is 2.43. The quantitative estimate of drug-likeness (QED) is 0.833. The van der Waals surface area contributed by atoms with Gasteiger partial charge in [-0.05, 0) is 13.0 Å². The van der Waals surface area contributed by atoms with E-state index in [1.54, 1.807) is 24.9 Å². The number of rotatable bonds is 3. The van der Waals surface area contributed by atoms with Crippen molar-refractivity contribution in [3.8, 4) is 0 Å². The standard InChI is InChI=1S/C11H12N2O4/c1-6-8(5-13(2)12-6)9(14)10-7(11(15)16)3-4-17-10/h3-5,9,14H,1-2H3,(H,15,16). The van der Waals surface area contributed by atoms with Crippen LogP contribution in [0.1, 0.15) is 33.5 Å². The Labute approximate surface area is 97.1 Å². The minimum atomic E-state index is -1.13. The first-order chi connectivity index (χ1) is 8.00. The fraction of sp³-hybridized carbons (Fsp3) is 0.273. The molecule has 1 unspecified atom stereocenters. The molecule has 2 N–H and O–H groups in total. The maximum atomic E-state index is 10.9. The van der Waals surface area contributed by atoms with E-state index in [4.69, 9.17) is 9.52 Å². The van der Waals surface area contributed by atoms with Crippen molar-refractivity contribution in [3.05, 3.63) is 41.1 Å². The monoisotopic (exact) mass is 236 g/mol. The molecule has 0 bridgehead atoms. The van der Waals surface area contributed by atoms with Gasteiger partial charge in [0.1, 0.15) is 11.7 Å². The average Bonchev–Trinajstić information content (AvgIpc) is 2.83. The highest BCUT2D eigenvalue weighted by molar-refractivity contribution is 5.88. The number of carbonyl (C=O) groups is 1. The second kappa shape index (κ2) is 4.06. The molecule has 0 spiro atoms. The number of hydrogen-bond acceptors (Lipinski definition) is 4. The molecule has 0 saturated heterocycles. The summed E-state index contributed by atoms with van der Waals surface area (Å²) in [4.78, 5) is 10.9. The normalized spacial score (nSPS) is 12.6. The average molecular weight is 236 g/mol. The fourth-order valence-corrected chi connectivity index (χ4v) is 1.74. The predicted octanol–water partition coefficient (Wildman–Crippen LogP) is 1.10. The number of nitrogens with zero attached hydrogens (tertiary/aromatic N) is 2. The smallest absolute Gasteiger partial charge is 0.339 e. The van der Waals surface area contributed by atoms with Crippen LogP contribution in [0, 0.1) is 6.92 Å². The Kier molecular flexibility index (Phi) is 2.72. The molecule has 0 saturated carbocycles. The van der Waals surface area contributed by atoms with Crippen LogP contribution in [0.15, 0.2) is 22.9 Å². The summed E-state index contributed by atoms with van der Waals surface area (Å²) in [6.45, 7) is 1.74. The minimum Gasteiger partial charge on any atom is -0.478 e. The van der Waals surface area contributed by atoms with Crippen molar-refractivity contribution in [2.45, 2.75) is 13.0 Å². The molecule has 0 aliphatic heterocycles. The molecule has 0 amide bonds. The first-order valence-electron chi connectivity index (χ1n) is 4.99. The number of furan rings is 1. The van der Waals surface area contributed by atoms with Crippen LogP contribution in [0.5, 0.6) is 0 Å². The summed E-state index contributed by atoms with van der Waals surface area (Å²) < 4.78 is 6.59. The van der Waals surface area contributed by atoms with Gasteiger partial charge in [0.2, 0.25) is 0 Å². The number of aryl methyl sites for hydroxylation is 2. The molecule has 0 aliphatic carbocycles. The molecule has 6 heteroatoms. The third-order valence-corrected chi connectivity index (χ3v) is 2.52. The summed E-state index contributed by atoms with van der Waals surface area (Å²) in [6.07, 6.45) is 1.76. The molecule has 90 valence electrons. The molecule has 2 aromatic rings. The van der Waals surface area contributed by atoms with Crippen LogP contribution in [0.25, 0.3) is 0 Å². The maximum absolute atomic E-state index is 10.9. The van der Waals surface area contributed by atoms with Gasteiger partial charge in [-0.15, -0.1) is 0 Å². The van der Waals surface area contributed by atoms with E-state index in [-0.39, 0.29) is 11.3 Å². The largest absolute Gasteiger partial charge is 0.478 e. The van der Waals surface area contributed by atoms with Crippen molar-refractivity contribution in [1.82, 2.24) is 9.78 Å². The Hall–Kier alpha value is -2.08. The van der Waals surface area contributed by atoms with E-state index in [0.717, 1.165) is 0 Å². The lowest BCUT2D eigenvalue weighted by atomic mass is 10.1. The summed E-state index contributed by atoms with van der Waals surface area (Å²) in [5, 5.41) is 23.1. The van der Waals surface area contributed by atoms with Gasteiger partial charge in [0, 0.05) is 18.8 Å². The van der Waals surface area contributed by atoms with Gasteiger partial charge < -0.3 is 14.6 Å². The summed E-state index contributed by atoms with van der Waals surface area (Å²) in [6, 6.07) is 1.31. The van der Waals surface area contributed by atoms with E-state index in [1.165, 1.54) is 12.3 Å². The van der Waals surface area contributed by atoms with E-state index >= 15 is 0 Å². The van der Waals surface area contributed by atoms with Gasteiger partial charge in [-0.25, -0.2) is 4.79 Å². The molecule has 17 heavy (non-hydrogen) atoms. The molecule has 2 rings (SSSR count). The maximum Gasteiger partial charge on any atom is 0.339 e. The Morgan fingerprint density at radius 1 is 1.59 bits per heavy atom. The first kappa shape index (κ1) is 11.4. The second-order valence-electron chi connectivity index (χ2n) is 3.75. The van der Waals surface area contributed by atoms with E-state index < -0.39 is 12.1 Å². The van der Waals surface area contributed by atoms with Crippen molar-refractivity contribution in [2.75, 3.05) is 0 Å². The summed E-state index contributed by atoms with van der Waals surface area (Å²) in [5.41, 5.74) is 1.12. The lowest BCUT2D eigenvalue weighted by Gasteiger charge is -2.07. The van der Waals surface area contributed by atoms with Crippen molar-refractivity contribution >= 4 is 5.97 Å². The van der Waals surface area contributed by atoms with Crippen LogP contribution in [0.4, 0.5) is 0 Å². The van der Waals surface area contributed by atoms with Gasteiger partial charge in [0.15, 0.2) is 5.76 Å². The van der Waals surface area contributed by atoms with Gasteiger partial charge in [0.05, 0.1) is 12.0 Å². The predicted molar refractivity (Wildman–Crippen MR) is 57.7 cm³/mol. The number of aromatic carboxylic acids is 1. The highest BCUT2D eigenvalue weighted by atomic mass is 16.4. The van der Waals surface area contributed by atoms with Gasteiger partial charge in [-0.1, -0.05) is 0 Å². The van der Waals surface area contributed by atoms with Crippen molar-refractivity contribution in [3.63, 3.8) is 0 Å². The van der Waals surface area contributed by atoms with E-state index in [1.807, 2.05) is 0 Å². The Morgan fingerprint density at radius 3 is 2.82 bits per heavy atom. The Bertz CT molecular complexity index is 556. The number of aliphatic hydroxyl groups excluding tert-OH is 1. The lowest BCUT2D eigenvalue weighted by molar-refractivity contribution is 0.0687. The molecule has 0 aromatic carbocycles. The van der Waals surface area contributed by atoms with Crippen LogP contribution < -0.4 is 0 Å². The van der Waals surface area contributed by atoms with Crippen molar-refractivity contribution in [1.29, 1.82) is 0 Å². The van der Waals surface area contributed by atoms with Gasteiger partial charge in [-0.2, -0.15) is 5.10 Å². The first-order valence-corrected chi connectivity index (χ1v) is 4.99. The van der Waals surface area contributed by atoms with Crippen LogP contribution in [0.2, 0.25) is 0 Å². The van der Waals surface area contributed by atoms with E-state index in [0.29, 0.717) is 11.3 Å². The molecule has 0 aliphatic rings. The zero-order valence-electron chi connectivity index (χ0n) is 9.41. The highest BCUT2D eigenvalue weighted by Crippen LogP contribution is 2.27. The molecule has 6 nitrogen and oxygen atoms in total. The SMILES string of the molecule is Cc1nn(C)cc1C(O)c1occc1C(=O)O. The molecule has 0 fully saturated rings. The van der Waals surface area contributed by atoms with Gasteiger partial charge >= 0.3 is 5.97 Å². The molecule has 2 heterocycles. The third kappa shape index (κ3) is 1.94. The number of hydrogen-bond donors (Lipinski definition) is 2. The van der Waals surface area contributed by atoms with Crippen LogP contribution in [-0.4, -0.2) is 26.0 Å². The van der Waals surface area contributed by atoms with E-state index in [9.17, 15) is 9.90 Å². The number of carboxylic acid groups (broad SMARTS) is 1. The number of carboxylic acids is 1. The molecule has 2 aromatic heterocycles. The Morgan fingerprint density at radius 2 is 2.29 bits per heavy atom. The van der Waals surface area contributed by atoms with Crippen LogP contribution in [-0.2, 0) is 7.05 Å². The van der Waals surface area contributed by atoms with Crippen molar-refractivity contribution < 1.29 is 19.4 Å². The fourth-order valence-electron chi connectivity index (χ4n) is 1.74. The minimum absolute atomic E-state index is 0.0219. The van der Waals surface area contributed by atoms with Gasteiger partial charge in [0.25, 0.3) is 0 Å². The molecular formula is C11H12N2O4. The summed E-state index contributed by atoms with van der Waals surface area (Å²) in [5.74, 6) is -1.11.